The average Bonchev–Trinajstić information content (AvgIpc) is 3.52. The number of esters is 1. The molecule has 2 fully saturated rings. The van der Waals surface area contributed by atoms with Gasteiger partial charge in [-0.15, -0.1) is 0 Å². The van der Waals surface area contributed by atoms with Crippen LogP contribution in [0, 0.1) is 17.8 Å². The molecule has 1 saturated carbocycles. The highest BCUT2D eigenvalue weighted by molar-refractivity contribution is 5.97. The Kier molecular flexibility index (Phi) is 18.9. The average molecular weight is 825 g/mol. The van der Waals surface area contributed by atoms with Gasteiger partial charge in [0.1, 0.15) is 23.9 Å². The van der Waals surface area contributed by atoms with E-state index in [4.69, 9.17) is 19.7 Å². The van der Waals surface area contributed by atoms with E-state index in [9.17, 15) is 38.7 Å². The topological polar surface area (TPSA) is 247 Å². The number of unbranched alkanes of at least 4 members (excludes halogenated alkanes) is 4. The maximum absolute atomic E-state index is 13.1. The molecule has 16 heteroatoms. The van der Waals surface area contributed by atoms with Gasteiger partial charge in [-0.25, -0.2) is 14.4 Å². The van der Waals surface area contributed by atoms with Crippen LogP contribution in [0.15, 0.2) is 42.5 Å². The molecule has 2 aliphatic carbocycles. The number of fused-ring (bicyclic) bond motifs is 2. The Labute approximate surface area is 344 Å². The number of aliphatic hydroxyl groups is 1. The van der Waals surface area contributed by atoms with Gasteiger partial charge in [0.25, 0.3) is 0 Å². The molecule has 1 saturated heterocycles. The number of nitrogens with one attached hydrogen (secondary N) is 4. The molecule has 4 amide bonds. The third-order valence-corrected chi connectivity index (χ3v) is 11.4. The van der Waals surface area contributed by atoms with E-state index in [1.54, 1.807) is 6.07 Å². The van der Waals surface area contributed by atoms with Crippen molar-refractivity contribution in [1.29, 1.82) is 0 Å². The normalized spacial score (nSPS) is 22.8. The number of hydrogen-bond acceptors (Lipinski definition) is 10. The summed E-state index contributed by atoms with van der Waals surface area (Å²) in [6.07, 6.45) is 13.1. The van der Waals surface area contributed by atoms with E-state index < -0.39 is 60.6 Å². The second-order valence-corrected chi connectivity index (χ2v) is 15.7. The van der Waals surface area contributed by atoms with Crippen molar-refractivity contribution >= 4 is 41.5 Å². The minimum absolute atomic E-state index is 0.00786. The predicted octanol–water partition coefficient (Wildman–Crippen LogP) is 2.89. The molecular weight excluding hydrogens is 764 g/mol. The molecule has 0 spiro atoms. The van der Waals surface area contributed by atoms with Crippen molar-refractivity contribution in [2.24, 2.45) is 17.8 Å². The van der Waals surface area contributed by atoms with Crippen molar-refractivity contribution in [3.63, 3.8) is 0 Å². The van der Waals surface area contributed by atoms with Crippen molar-refractivity contribution in [3.8, 4) is 5.75 Å². The summed E-state index contributed by atoms with van der Waals surface area (Å²) in [5, 5.41) is 39.2. The third-order valence-electron chi connectivity index (χ3n) is 11.4. The zero-order chi connectivity index (χ0) is 42.7. The van der Waals surface area contributed by atoms with Gasteiger partial charge in [0.05, 0.1) is 6.10 Å². The van der Waals surface area contributed by atoms with Crippen LogP contribution in [-0.2, 0) is 51.1 Å². The largest absolute Gasteiger partial charge is 0.482 e. The molecule has 16 nitrogen and oxygen atoms in total. The Bertz CT molecular complexity index is 1700. The molecule has 4 rings (SSSR count). The first-order valence-corrected chi connectivity index (χ1v) is 20.9. The van der Waals surface area contributed by atoms with E-state index >= 15 is 0 Å². The number of aliphatic hydroxyl groups excluding tert-OH is 1. The second kappa shape index (κ2) is 24.0. The number of piperazine rings is 1. The first-order valence-electron chi connectivity index (χ1n) is 20.9. The van der Waals surface area contributed by atoms with Crippen LogP contribution in [0.1, 0.15) is 102 Å². The molecule has 1 heterocycles. The predicted molar refractivity (Wildman–Crippen MR) is 215 cm³/mol. The van der Waals surface area contributed by atoms with Gasteiger partial charge in [-0.2, -0.15) is 0 Å². The van der Waals surface area contributed by atoms with Crippen molar-refractivity contribution in [1.82, 2.24) is 21.3 Å². The number of amides is 4. The second-order valence-electron chi connectivity index (χ2n) is 15.7. The van der Waals surface area contributed by atoms with E-state index in [-0.39, 0.29) is 29.6 Å². The van der Waals surface area contributed by atoms with Gasteiger partial charge in [0.15, 0.2) is 6.61 Å². The Morgan fingerprint density at radius 1 is 0.814 bits per heavy atom. The summed E-state index contributed by atoms with van der Waals surface area (Å²) >= 11 is 0. The fraction of sp³-hybridized carbons (Fsp3) is 0.605. The van der Waals surface area contributed by atoms with Crippen molar-refractivity contribution in [2.45, 2.75) is 128 Å². The van der Waals surface area contributed by atoms with Crippen LogP contribution in [-0.4, -0.2) is 101 Å². The fourth-order valence-corrected chi connectivity index (χ4v) is 8.39. The van der Waals surface area contributed by atoms with Crippen LogP contribution >= 0.6 is 0 Å². The third kappa shape index (κ3) is 15.5. The standard InChI is InChI=1S/C43H60N4O12/c1-2-3-4-11-29(48)15-16-30-31-23-27-10-9-14-35(58-26-40(53)54)32(27)24-28(31)25-36(30)59-41(55)20-18-38(50)45-22-8-6-13-34-43(57)46-33(42(56)47-34)12-5-7-21-44-37(49)17-19-39(51)52/h9-10,14,17-20,28-31,33-34,36,48H,2-8,11-13,15-16,21-26H2,1H3,(H,44,49)(H,45,50)(H,46,57)(H,47,56)(H,51,52)(H,53,54)/b19-17+,20-18+/t28-,29-,30+,31-,33?,34?,36+/m0/s1. The Morgan fingerprint density at radius 2 is 1.46 bits per heavy atom. The van der Waals surface area contributed by atoms with E-state index in [2.05, 4.69) is 28.2 Å². The van der Waals surface area contributed by atoms with Crippen LogP contribution in [0.5, 0.6) is 5.75 Å². The summed E-state index contributed by atoms with van der Waals surface area (Å²) < 4.78 is 11.6. The van der Waals surface area contributed by atoms with Crippen LogP contribution in [0.2, 0.25) is 0 Å². The number of aliphatic carboxylic acids is 2. The van der Waals surface area contributed by atoms with E-state index in [0.29, 0.717) is 83.0 Å². The minimum atomic E-state index is -1.22. The molecule has 7 N–H and O–H groups in total. The highest BCUT2D eigenvalue weighted by Crippen LogP contribution is 2.49. The van der Waals surface area contributed by atoms with E-state index in [0.717, 1.165) is 67.5 Å². The van der Waals surface area contributed by atoms with Gasteiger partial charge in [-0.1, -0.05) is 38.3 Å². The smallest absolute Gasteiger partial charge is 0.341 e. The molecule has 2 unspecified atom stereocenters. The molecule has 1 aliphatic heterocycles. The molecule has 1 aromatic carbocycles. The zero-order valence-electron chi connectivity index (χ0n) is 33.8. The van der Waals surface area contributed by atoms with Gasteiger partial charge in [-0.05, 0) is 112 Å². The molecule has 0 radical (unpaired) electrons. The molecule has 1 aromatic rings. The summed E-state index contributed by atoms with van der Waals surface area (Å²) in [6, 6.07) is 4.29. The van der Waals surface area contributed by atoms with Gasteiger partial charge in [0.2, 0.25) is 23.6 Å². The molecule has 7 atom stereocenters. The summed E-state index contributed by atoms with van der Waals surface area (Å²) in [6.45, 7) is 2.28. The minimum Gasteiger partial charge on any atom is -0.482 e. The maximum atomic E-state index is 13.1. The SMILES string of the molecule is CCCCC[C@H](O)CC[C@@H]1[C@H]2Cc3cccc(OCC(=O)O)c3C[C@H]2C[C@H]1OC(=O)/C=C/C(=O)NCCCCC1NC(=O)C(CCCCNC(=O)/C=C/C(=O)O)NC1=O. The molecular formula is C43H60N4O12. The van der Waals surface area contributed by atoms with Crippen LogP contribution in [0.3, 0.4) is 0 Å². The lowest BCUT2D eigenvalue weighted by atomic mass is 9.73. The van der Waals surface area contributed by atoms with Crippen LogP contribution < -0.4 is 26.0 Å². The van der Waals surface area contributed by atoms with Gasteiger partial charge in [0, 0.05) is 37.4 Å². The molecule has 324 valence electrons. The van der Waals surface area contributed by atoms with Crippen molar-refractivity contribution in [3.05, 3.63) is 53.6 Å². The number of ether oxygens (including phenoxy) is 2. The van der Waals surface area contributed by atoms with Gasteiger partial charge in [-0.3, -0.25) is 19.2 Å². The summed E-state index contributed by atoms with van der Waals surface area (Å²) in [5.74, 6) is -3.55. The molecule has 59 heavy (non-hydrogen) atoms. The van der Waals surface area contributed by atoms with Crippen LogP contribution in [0.4, 0.5) is 0 Å². The molecule has 0 aromatic heterocycles. The number of benzene rings is 1. The number of carboxylic acids is 2. The first-order chi connectivity index (χ1) is 28.3. The number of carbonyl (C=O) groups is 7. The fourth-order valence-electron chi connectivity index (χ4n) is 8.39. The molecule has 0 bridgehead atoms. The molecule has 3 aliphatic rings. The number of hydrogen-bond donors (Lipinski definition) is 7. The van der Waals surface area contributed by atoms with Gasteiger partial charge >= 0.3 is 17.9 Å². The van der Waals surface area contributed by atoms with Crippen molar-refractivity contribution in [2.75, 3.05) is 19.7 Å². The van der Waals surface area contributed by atoms with E-state index in [1.165, 1.54) is 0 Å². The highest BCUT2D eigenvalue weighted by atomic mass is 16.5. The Balaban J connectivity index is 1.18. The summed E-state index contributed by atoms with van der Waals surface area (Å²) in [5.41, 5.74) is 2.07. The number of carboxylic acid groups (broad SMARTS) is 2. The Hall–Kier alpha value is -5.25. The van der Waals surface area contributed by atoms with E-state index in [1.807, 2.05) is 12.1 Å². The monoisotopic (exact) mass is 824 g/mol. The quantitative estimate of drug-likeness (QED) is 0.0428. The maximum Gasteiger partial charge on any atom is 0.341 e. The lowest BCUT2D eigenvalue weighted by molar-refractivity contribution is -0.145. The first kappa shape index (κ1) is 46.4. The highest BCUT2D eigenvalue weighted by Gasteiger charge is 2.47. The zero-order valence-corrected chi connectivity index (χ0v) is 33.8. The number of carbonyl (C=O) groups excluding carboxylic acids is 5. The summed E-state index contributed by atoms with van der Waals surface area (Å²) in [7, 11) is 0. The van der Waals surface area contributed by atoms with Crippen LogP contribution in [0.25, 0.3) is 0 Å². The summed E-state index contributed by atoms with van der Waals surface area (Å²) in [4.78, 5) is 84.0. The lowest BCUT2D eigenvalue weighted by Gasteiger charge is -2.32. The van der Waals surface area contributed by atoms with Crippen molar-refractivity contribution < 1.29 is 58.4 Å². The lowest BCUT2D eigenvalue weighted by Crippen LogP contribution is -2.61. The van der Waals surface area contributed by atoms with Gasteiger partial charge < -0.3 is 46.1 Å². The number of rotatable bonds is 25. The Morgan fingerprint density at radius 3 is 2.07 bits per heavy atom.